The van der Waals surface area contributed by atoms with Crippen molar-refractivity contribution in [2.24, 2.45) is 0 Å². The fourth-order valence-corrected chi connectivity index (χ4v) is 5.54. The summed E-state index contributed by atoms with van der Waals surface area (Å²) in [7, 11) is -3.87. The van der Waals surface area contributed by atoms with Gasteiger partial charge in [-0.05, 0) is 66.1 Å². The van der Waals surface area contributed by atoms with Gasteiger partial charge in [0.25, 0.3) is 5.91 Å². The van der Waals surface area contributed by atoms with E-state index < -0.39 is 21.6 Å². The molecule has 0 fully saturated rings. The molecule has 37 heavy (non-hydrogen) atoms. The molecule has 0 bridgehead atoms. The third kappa shape index (κ3) is 4.84. The first-order valence-electron chi connectivity index (χ1n) is 11.3. The Morgan fingerprint density at radius 1 is 1.00 bits per heavy atom. The van der Waals surface area contributed by atoms with Gasteiger partial charge in [-0.15, -0.1) is 0 Å². The summed E-state index contributed by atoms with van der Waals surface area (Å²) in [5, 5.41) is 9.27. The van der Waals surface area contributed by atoms with Crippen LogP contribution in [0.5, 0.6) is 11.5 Å². The number of para-hydroxylation sites is 1. The van der Waals surface area contributed by atoms with Crippen molar-refractivity contribution >= 4 is 27.1 Å². The van der Waals surface area contributed by atoms with Crippen molar-refractivity contribution in [3.8, 4) is 22.6 Å². The van der Waals surface area contributed by atoms with Crippen LogP contribution in [0.4, 0.5) is 11.4 Å². The van der Waals surface area contributed by atoms with E-state index in [9.17, 15) is 18.4 Å². The number of hydrogen-bond donors (Lipinski definition) is 2. The molecule has 188 valence electrons. The highest BCUT2D eigenvalue weighted by atomic mass is 32.2. The average molecular weight is 518 g/mol. The molecule has 1 aliphatic heterocycles. The minimum atomic E-state index is -3.87. The lowest BCUT2D eigenvalue weighted by Crippen LogP contribution is -2.29. The summed E-state index contributed by atoms with van der Waals surface area (Å²) in [6.07, 6.45) is 3.09. The number of nitrogens with one attached hydrogen (secondary N) is 1. The summed E-state index contributed by atoms with van der Waals surface area (Å²) in [4.78, 5) is 18.2. The first kappa shape index (κ1) is 24.3. The first-order valence-corrected chi connectivity index (χ1v) is 13.0. The zero-order valence-corrected chi connectivity index (χ0v) is 20.6. The van der Waals surface area contributed by atoms with Crippen LogP contribution in [0.1, 0.15) is 15.9 Å². The molecule has 0 saturated carbocycles. The van der Waals surface area contributed by atoms with E-state index in [2.05, 4.69) is 4.98 Å². The number of benzene rings is 3. The molecule has 0 spiro atoms. The van der Waals surface area contributed by atoms with Gasteiger partial charge in [0.1, 0.15) is 5.88 Å². The van der Waals surface area contributed by atoms with Gasteiger partial charge >= 0.3 is 0 Å². The Labute approximate surface area is 213 Å². The van der Waals surface area contributed by atoms with Gasteiger partial charge < -0.3 is 14.4 Å². The molecule has 0 saturated heterocycles. The first-order chi connectivity index (χ1) is 17.9. The largest absolute Gasteiger partial charge is 0.454 e. The minimum absolute atomic E-state index is 0.118. The Morgan fingerprint density at radius 3 is 2.49 bits per heavy atom. The van der Waals surface area contributed by atoms with Crippen molar-refractivity contribution in [2.75, 3.05) is 17.6 Å². The summed E-state index contributed by atoms with van der Waals surface area (Å²) in [6, 6.07) is 20.4. The zero-order valence-electron chi connectivity index (χ0n) is 19.8. The van der Waals surface area contributed by atoms with Crippen LogP contribution in [0.25, 0.3) is 11.1 Å². The van der Waals surface area contributed by atoms with Crippen molar-refractivity contribution in [3.05, 3.63) is 96.3 Å². The summed E-state index contributed by atoms with van der Waals surface area (Å²) in [5.41, 5.74) is 4.93. The number of aromatic nitrogens is 1. The van der Waals surface area contributed by atoms with E-state index in [0.29, 0.717) is 28.4 Å². The van der Waals surface area contributed by atoms with Crippen LogP contribution in [-0.4, -0.2) is 37.2 Å². The van der Waals surface area contributed by atoms with Crippen molar-refractivity contribution in [1.82, 2.24) is 10.5 Å². The van der Waals surface area contributed by atoms with Gasteiger partial charge in [-0.1, -0.05) is 30.3 Å². The molecule has 3 aromatic carbocycles. The van der Waals surface area contributed by atoms with Crippen LogP contribution >= 0.6 is 0 Å². The van der Waals surface area contributed by atoms with Crippen molar-refractivity contribution < 1.29 is 27.9 Å². The van der Waals surface area contributed by atoms with Crippen molar-refractivity contribution in [1.29, 1.82) is 0 Å². The smallest absolute Gasteiger partial charge is 0.276 e. The Balaban J connectivity index is 1.51. The quantitative estimate of drug-likeness (QED) is 0.272. The molecule has 0 atom stereocenters. The third-order valence-corrected chi connectivity index (χ3v) is 7.62. The fourth-order valence-electron chi connectivity index (χ4n) is 4.22. The lowest BCUT2D eigenvalue weighted by Gasteiger charge is -2.28. The molecule has 2 N–H and O–H groups in total. The number of nitrogens with zero attached hydrogens (tertiary/aromatic N) is 2. The number of hydrogen-bond acceptors (Lipinski definition) is 8. The Kier molecular flexibility index (Phi) is 6.51. The number of carbonyl (C=O) groups is 1. The second kappa shape index (κ2) is 9.92. The van der Waals surface area contributed by atoms with E-state index in [1.807, 2.05) is 18.2 Å². The summed E-state index contributed by atoms with van der Waals surface area (Å²) >= 11 is 0. The van der Waals surface area contributed by atoms with Gasteiger partial charge in [-0.3, -0.25) is 15.0 Å². The third-order valence-electron chi connectivity index (χ3n) is 6.03. The maximum absolute atomic E-state index is 13.6. The highest BCUT2D eigenvalue weighted by molar-refractivity contribution is 7.91. The minimum Gasteiger partial charge on any atom is -0.454 e. The molecule has 1 aliphatic rings. The number of fused-ring (bicyclic) bond motifs is 1. The van der Waals surface area contributed by atoms with Gasteiger partial charge in [-0.2, -0.15) is 0 Å². The van der Waals surface area contributed by atoms with Crippen LogP contribution in [0.15, 0.2) is 90.1 Å². The number of hydroxylamine groups is 1. The van der Waals surface area contributed by atoms with Crippen LogP contribution in [0, 0.1) is 6.92 Å². The van der Waals surface area contributed by atoms with Crippen molar-refractivity contribution in [2.45, 2.75) is 11.8 Å². The zero-order chi connectivity index (χ0) is 26.0. The number of aryl methyl sites for hydroxylation is 1. The standard InChI is InChI=1S/C27H23N3O6S/c1-18-4-2-6-23(27(31)29-32)26(18)30(21-5-3-13-28-15-21)16-37(33,34)22-10-7-19(8-11-22)20-9-12-24-25(14-20)36-17-35-24/h2-15,32H,16-17H2,1H3,(H,29,31). The Bertz CT molecular complexity index is 1560. The Morgan fingerprint density at radius 2 is 1.76 bits per heavy atom. The van der Waals surface area contributed by atoms with Crippen LogP contribution < -0.4 is 19.9 Å². The molecule has 1 amide bonds. The van der Waals surface area contributed by atoms with Gasteiger partial charge in [0.15, 0.2) is 21.3 Å². The number of sulfone groups is 1. The number of amides is 1. The molecular weight excluding hydrogens is 494 g/mol. The normalized spacial score (nSPS) is 12.3. The molecule has 4 aromatic rings. The summed E-state index contributed by atoms with van der Waals surface area (Å²) in [6.45, 7) is 1.94. The predicted octanol–water partition coefficient (Wildman–Crippen LogP) is 4.47. The highest BCUT2D eigenvalue weighted by Crippen LogP contribution is 2.37. The highest BCUT2D eigenvalue weighted by Gasteiger charge is 2.26. The van der Waals surface area contributed by atoms with Gasteiger partial charge in [0.05, 0.1) is 28.0 Å². The lowest BCUT2D eigenvalue weighted by molar-refractivity contribution is 0.0707. The molecule has 0 unspecified atom stereocenters. The molecule has 10 heteroatoms. The SMILES string of the molecule is Cc1cccc(C(=O)NO)c1N(CS(=O)(=O)c1ccc(-c2ccc3c(c2)OCO3)cc1)c1cccnc1. The Hall–Kier alpha value is -4.41. The molecule has 9 nitrogen and oxygen atoms in total. The maximum Gasteiger partial charge on any atom is 0.276 e. The number of pyridine rings is 1. The van der Waals surface area contributed by atoms with E-state index in [0.717, 1.165) is 11.1 Å². The van der Waals surface area contributed by atoms with Gasteiger partial charge in [0.2, 0.25) is 6.79 Å². The number of carbonyl (C=O) groups excluding carboxylic acids is 1. The van der Waals surface area contributed by atoms with Crippen molar-refractivity contribution in [3.63, 3.8) is 0 Å². The van der Waals surface area contributed by atoms with Gasteiger partial charge in [-0.25, -0.2) is 13.9 Å². The number of ether oxygens (including phenoxy) is 2. The van der Waals surface area contributed by atoms with E-state index in [-0.39, 0.29) is 17.3 Å². The average Bonchev–Trinajstić information content (AvgIpc) is 3.40. The molecular formula is C27H23N3O6S. The van der Waals surface area contributed by atoms with Gasteiger partial charge in [0, 0.05) is 6.20 Å². The lowest BCUT2D eigenvalue weighted by atomic mass is 10.1. The monoisotopic (exact) mass is 517 g/mol. The molecule has 0 aliphatic carbocycles. The predicted molar refractivity (Wildman–Crippen MR) is 137 cm³/mol. The van der Waals surface area contributed by atoms with Crippen LogP contribution in [0.2, 0.25) is 0 Å². The molecule has 0 radical (unpaired) electrons. The van der Waals surface area contributed by atoms with E-state index in [1.54, 1.807) is 67.1 Å². The second-order valence-corrected chi connectivity index (χ2v) is 10.3. The number of rotatable bonds is 7. The molecule has 2 heterocycles. The van der Waals surface area contributed by atoms with E-state index in [1.165, 1.54) is 17.2 Å². The van der Waals surface area contributed by atoms with Crippen LogP contribution in [0.3, 0.4) is 0 Å². The maximum atomic E-state index is 13.6. The molecule has 1 aromatic heterocycles. The van der Waals surface area contributed by atoms with E-state index in [4.69, 9.17) is 9.47 Å². The fraction of sp³-hybridized carbons (Fsp3) is 0.111. The number of anilines is 2. The van der Waals surface area contributed by atoms with E-state index >= 15 is 0 Å². The van der Waals surface area contributed by atoms with Crippen LogP contribution in [-0.2, 0) is 9.84 Å². The summed E-state index contributed by atoms with van der Waals surface area (Å²) in [5.74, 6) is 0.0998. The summed E-state index contributed by atoms with van der Waals surface area (Å²) < 4.78 is 38.0. The molecule has 5 rings (SSSR count). The second-order valence-electron chi connectivity index (χ2n) is 8.39. The topological polar surface area (TPSA) is 118 Å².